The number of rotatable bonds is 10. The molecule has 248 valence electrons. The summed E-state index contributed by atoms with van der Waals surface area (Å²) in [6, 6.07) is 0. The van der Waals surface area contributed by atoms with Crippen LogP contribution in [-0.4, -0.2) is 77.6 Å². The second-order valence-corrected chi connectivity index (χ2v) is 6.51. The fourth-order valence-corrected chi connectivity index (χ4v) is 1.68. The number of carboxylic acid groups (broad SMARTS) is 1. The molecule has 0 fully saturated rings. The van der Waals surface area contributed by atoms with E-state index in [1.807, 2.05) is 0 Å². The van der Waals surface area contributed by atoms with Gasteiger partial charge in [-0.25, -0.2) is 4.79 Å². The van der Waals surface area contributed by atoms with Gasteiger partial charge in [0.05, 0.1) is 0 Å². The third kappa shape index (κ3) is 6.70. The summed E-state index contributed by atoms with van der Waals surface area (Å²) in [5.74, 6) is -37.4. The lowest BCUT2D eigenvalue weighted by Gasteiger charge is -2.42. The smallest absolute Gasteiger partial charge is 0.462 e. The van der Waals surface area contributed by atoms with Gasteiger partial charge in [-0.1, -0.05) is 0 Å². The van der Waals surface area contributed by atoms with E-state index in [9.17, 15) is 106 Å². The number of carboxylic acids is 1. The molecule has 0 saturated heterocycles. The largest absolute Gasteiger partial charge is 0.477 e. The predicted octanol–water partition coefficient (Wildman–Crippen LogP) is 7.16. The summed E-state index contributed by atoms with van der Waals surface area (Å²) in [6.45, 7) is 0. The first kappa shape index (κ1) is 40.8. The Hall–Kier alpha value is -2.30. The molecule has 0 aliphatic rings. The number of hydrogen-bond donors (Lipinski definition) is 2. The molecule has 29 heteroatoms. The Morgan fingerprint density at radius 3 is 0.902 bits per heavy atom. The Labute approximate surface area is 205 Å². The van der Waals surface area contributed by atoms with Gasteiger partial charge in [-0.2, -0.15) is 101 Å². The van der Waals surface area contributed by atoms with Crippen molar-refractivity contribution < 1.29 is 125 Å². The van der Waals surface area contributed by atoms with Gasteiger partial charge in [0.1, 0.15) is 0 Å². The van der Waals surface area contributed by atoms with E-state index in [0.717, 1.165) is 9.47 Å². The number of carbonyl (C=O) groups is 1. The Balaban J connectivity index is 0. The first-order valence-electron chi connectivity index (χ1n) is 8.00. The zero-order chi connectivity index (χ0) is 33.2. The van der Waals surface area contributed by atoms with Gasteiger partial charge >= 0.3 is 72.5 Å². The van der Waals surface area contributed by atoms with E-state index in [1.54, 1.807) is 0 Å². The van der Waals surface area contributed by atoms with Crippen molar-refractivity contribution in [1.82, 2.24) is 6.15 Å². The van der Waals surface area contributed by atoms with E-state index in [1.165, 1.54) is 4.74 Å². The van der Waals surface area contributed by atoms with E-state index in [2.05, 4.69) is 0 Å². The first-order chi connectivity index (χ1) is 16.8. The van der Waals surface area contributed by atoms with Gasteiger partial charge in [-0.15, -0.1) is 0 Å². The van der Waals surface area contributed by atoms with Crippen LogP contribution in [0.25, 0.3) is 0 Å². The first-order valence-corrected chi connectivity index (χ1v) is 8.00. The monoisotopic (exact) mass is 680 g/mol. The molecule has 0 spiro atoms. The van der Waals surface area contributed by atoms with Crippen molar-refractivity contribution in [2.45, 2.75) is 66.5 Å². The minimum atomic E-state index is -8.77. The summed E-state index contributed by atoms with van der Waals surface area (Å²) in [5.41, 5.74) is 0. The van der Waals surface area contributed by atoms with E-state index in [4.69, 9.17) is 5.11 Å². The highest BCUT2D eigenvalue weighted by Crippen LogP contribution is 2.59. The van der Waals surface area contributed by atoms with Gasteiger partial charge in [-0.3, -0.25) is 14.2 Å². The summed E-state index contributed by atoms with van der Waals surface area (Å²) >= 11 is 0. The van der Waals surface area contributed by atoms with Crippen LogP contribution in [-0.2, 0) is 19.0 Å². The third-order valence-electron chi connectivity index (χ3n) is 3.65. The summed E-state index contributed by atoms with van der Waals surface area (Å²) in [6.07, 6.45) is -57.8. The van der Waals surface area contributed by atoms with Crippen LogP contribution in [0.1, 0.15) is 0 Å². The van der Waals surface area contributed by atoms with Gasteiger partial charge in [-0.05, 0) is 0 Å². The number of quaternary nitrogens is 1. The number of aliphatic carboxylic acids is 1. The minimum absolute atomic E-state index is 0. The van der Waals surface area contributed by atoms with Crippen LogP contribution in [0, 0.1) is 0 Å². The van der Waals surface area contributed by atoms with Crippen LogP contribution in [0.4, 0.5) is 101 Å². The van der Waals surface area contributed by atoms with Crippen LogP contribution in [0.15, 0.2) is 0 Å². The van der Waals surface area contributed by atoms with Crippen molar-refractivity contribution in [3.05, 3.63) is 0 Å². The van der Waals surface area contributed by atoms with Crippen molar-refractivity contribution in [3.63, 3.8) is 0 Å². The van der Waals surface area contributed by atoms with E-state index < -0.39 is 72.5 Å². The van der Waals surface area contributed by atoms with Crippen LogP contribution >= 0.6 is 0 Å². The Morgan fingerprint density at radius 1 is 0.415 bits per heavy atom. The maximum Gasteiger partial charge on any atom is 0.462 e. The Kier molecular flexibility index (Phi) is 10.4. The molecule has 0 heterocycles. The molecular formula is C12H5F23NO5+. The maximum absolute atomic E-state index is 14.0. The molecule has 0 aliphatic heterocycles. The molecule has 0 radical (unpaired) electrons. The van der Waals surface area contributed by atoms with Crippen LogP contribution in [0.5, 0.6) is 0 Å². The lowest BCUT2D eigenvalue weighted by molar-refractivity contribution is -0.578. The molecule has 0 aromatic carbocycles. The summed E-state index contributed by atoms with van der Waals surface area (Å²) in [4.78, 5) is 10.2. The molecule has 0 rings (SSSR count). The van der Waals surface area contributed by atoms with E-state index in [-0.39, 0.29) is 6.15 Å². The van der Waals surface area contributed by atoms with E-state index >= 15 is 0 Å². The molecule has 0 saturated carbocycles. The lowest BCUT2D eigenvalue weighted by atomic mass is 10.2. The molecular weight excluding hydrogens is 675 g/mol. The number of hydrogen-bond acceptors (Lipinski definition) is 4. The quantitative estimate of drug-likeness (QED) is 0.239. The van der Waals surface area contributed by atoms with Crippen molar-refractivity contribution in [3.8, 4) is 0 Å². The van der Waals surface area contributed by atoms with Crippen LogP contribution in [0.2, 0.25) is 0 Å². The summed E-state index contributed by atoms with van der Waals surface area (Å²) < 4.78 is 300. The predicted molar refractivity (Wildman–Crippen MR) is 72.4 cm³/mol. The highest BCUT2D eigenvalue weighted by atomic mass is 19.4. The van der Waals surface area contributed by atoms with Crippen molar-refractivity contribution in [2.75, 3.05) is 0 Å². The molecule has 0 bridgehead atoms. The molecule has 0 aliphatic carbocycles. The minimum Gasteiger partial charge on any atom is -0.477 e. The second kappa shape index (κ2) is 10.5. The van der Waals surface area contributed by atoms with Gasteiger partial charge in [0.15, 0.2) is 0 Å². The maximum atomic E-state index is 14.0. The highest BCUT2D eigenvalue weighted by molar-refractivity contribution is 5.76. The van der Waals surface area contributed by atoms with E-state index in [0.29, 0.717) is 0 Å². The topological polar surface area (TPSA) is 101 Å². The Bertz CT molecular complexity index is 937. The summed E-state index contributed by atoms with van der Waals surface area (Å²) in [5, 5.41) is 7.92. The molecule has 0 amide bonds. The molecule has 3 atom stereocenters. The van der Waals surface area contributed by atoms with Gasteiger partial charge in [0.25, 0.3) is 0 Å². The van der Waals surface area contributed by atoms with Gasteiger partial charge < -0.3 is 11.3 Å². The molecule has 0 aromatic rings. The fourth-order valence-electron chi connectivity index (χ4n) is 1.68. The normalized spacial score (nSPS) is 19.5. The van der Waals surface area contributed by atoms with Crippen LogP contribution < -0.4 is 6.15 Å². The van der Waals surface area contributed by atoms with Crippen molar-refractivity contribution >= 4 is 5.97 Å². The number of alkyl halides is 23. The number of ether oxygens (including phenoxy) is 3. The Morgan fingerprint density at radius 2 is 0.683 bits per heavy atom. The zero-order valence-corrected chi connectivity index (χ0v) is 17.8. The molecule has 0 aromatic heterocycles. The molecule has 5 N–H and O–H groups in total. The average molecular weight is 680 g/mol. The SMILES string of the molecule is O=C(O)C(F)(OC(F)(F)C(F)(OC(F)(F)C(F)(OC(F)(F)C(F)(F)C(F)(F)F)C(F)(F)F)C(F)(F)F)C(F)(F)F.[NH4+]. The molecule has 6 nitrogen and oxygen atoms in total. The van der Waals surface area contributed by atoms with Gasteiger partial charge in [0, 0.05) is 0 Å². The van der Waals surface area contributed by atoms with Crippen molar-refractivity contribution in [1.29, 1.82) is 0 Å². The average Bonchev–Trinajstić information content (AvgIpc) is 2.62. The summed E-state index contributed by atoms with van der Waals surface area (Å²) in [7, 11) is 0. The zero-order valence-electron chi connectivity index (χ0n) is 17.8. The van der Waals surface area contributed by atoms with Crippen LogP contribution in [0.3, 0.4) is 0 Å². The highest BCUT2D eigenvalue weighted by Gasteiger charge is 2.88. The van der Waals surface area contributed by atoms with Crippen molar-refractivity contribution in [2.24, 2.45) is 0 Å². The number of halogens is 23. The lowest BCUT2D eigenvalue weighted by Crippen LogP contribution is -2.70. The molecule has 3 unspecified atom stereocenters. The second-order valence-electron chi connectivity index (χ2n) is 6.51. The fraction of sp³-hybridized carbons (Fsp3) is 0.917. The standard InChI is InChI=1S/C12HF23O5.H3N/c13-2(1(36)37,6(18,19)20)38-11(32,33)4(16,8(24,25)26)40-12(34,35)5(17,9(27,28)29)39-10(30,31)3(14,15)7(21,22)23;/h(H,36,37);1H3/p+1. The third-order valence-corrected chi connectivity index (χ3v) is 3.65. The van der Waals surface area contributed by atoms with Gasteiger partial charge in [0.2, 0.25) is 0 Å². The molecule has 41 heavy (non-hydrogen) atoms.